The Morgan fingerprint density at radius 1 is 1.60 bits per heavy atom. The molecule has 0 amide bonds. The summed E-state index contributed by atoms with van der Waals surface area (Å²) in [6.45, 7) is 4.76. The van der Waals surface area contributed by atoms with E-state index in [1.165, 1.54) is 6.92 Å². The third kappa shape index (κ3) is 15.8. The van der Waals surface area contributed by atoms with Crippen LogP contribution in [0.1, 0.15) is 6.92 Å². The van der Waals surface area contributed by atoms with Crippen molar-refractivity contribution in [1.29, 1.82) is 0 Å². The molecular formula is C4H9NaO4S. The molecule has 0 spiro atoms. The van der Waals surface area contributed by atoms with E-state index >= 15 is 0 Å². The van der Waals surface area contributed by atoms with Crippen LogP contribution in [0.4, 0.5) is 0 Å². The van der Waals surface area contributed by atoms with E-state index in [1.54, 1.807) is 0 Å². The van der Waals surface area contributed by atoms with E-state index in [4.69, 9.17) is 0 Å². The van der Waals surface area contributed by atoms with Crippen molar-refractivity contribution in [1.82, 2.24) is 0 Å². The average molecular weight is 176 g/mol. The Balaban J connectivity index is -0.000000245. The van der Waals surface area contributed by atoms with Gasteiger partial charge in [-0.25, -0.2) is 8.42 Å². The number of rotatable bonds is 2. The first kappa shape index (κ1) is 16.9. The summed E-state index contributed by atoms with van der Waals surface area (Å²) >= 11 is 0. The van der Waals surface area contributed by atoms with E-state index in [-0.39, 0.29) is 35.0 Å². The second kappa shape index (κ2) is 6.33. The second-order valence-electron chi connectivity index (χ2n) is 1.66. The van der Waals surface area contributed by atoms with E-state index in [2.05, 4.69) is 6.58 Å². The van der Waals surface area contributed by atoms with Gasteiger partial charge in [0.15, 0.2) is 0 Å². The molecule has 0 aromatic rings. The zero-order valence-electron chi connectivity index (χ0n) is 6.05. The van der Waals surface area contributed by atoms with Gasteiger partial charge in [0.05, 0.1) is 15.9 Å². The SMILES string of the molecule is C=C(C)CS(=O)(=O)[O-].O.[Na+]. The topological polar surface area (TPSA) is 88.7 Å². The smallest absolute Gasteiger partial charge is 0.748 e. The van der Waals surface area contributed by atoms with Crippen LogP contribution < -0.4 is 29.6 Å². The quantitative estimate of drug-likeness (QED) is 0.246. The van der Waals surface area contributed by atoms with Crippen molar-refractivity contribution in [2.75, 3.05) is 5.75 Å². The fraction of sp³-hybridized carbons (Fsp3) is 0.500. The van der Waals surface area contributed by atoms with Gasteiger partial charge in [-0.15, -0.1) is 0 Å². The standard InChI is InChI=1S/C4H8O3S.Na.H2O/c1-4(2)3-8(5,6)7;;/h1,3H2,2H3,(H,5,6,7);;1H2/q;+1;/p-1. The summed E-state index contributed by atoms with van der Waals surface area (Å²) in [5, 5.41) is 0. The molecule has 0 saturated heterocycles. The molecule has 0 heterocycles. The third-order valence-electron chi connectivity index (χ3n) is 0.423. The van der Waals surface area contributed by atoms with Crippen LogP contribution >= 0.6 is 0 Å². The van der Waals surface area contributed by atoms with Crippen LogP contribution in [0.2, 0.25) is 0 Å². The summed E-state index contributed by atoms with van der Waals surface area (Å²) in [4.78, 5) is 0. The van der Waals surface area contributed by atoms with Gasteiger partial charge >= 0.3 is 29.6 Å². The van der Waals surface area contributed by atoms with Crippen molar-refractivity contribution in [2.24, 2.45) is 0 Å². The Morgan fingerprint density at radius 3 is 1.90 bits per heavy atom. The van der Waals surface area contributed by atoms with Crippen LogP contribution in [0.25, 0.3) is 0 Å². The van der Waals surface area contributed by atoms with Crippen LogP contribution in [0, 0.1) is 0 Å². The molecule has 0 aromatic heterocycles. The zero-order chi connectivity index (χ0) is 6.78. The van der Waals surface area contributed by atoms with Crippen molar-refractivity contribution in [3.05, 3.63) is 12.2 Å². The maximum Gasteiger partial charge on any atom is 1.00 e. The molecule has 0 bridgehead atoms. The first-order valence-corrected chi connectivity index (χ1v) is 3.57. The van der Waals surface area contributed by atoms with E-state index < -0.39 is 15.9 Å². The van der Waals surface area contributed by atoms with Crippen LogP contribution in [-0.4, -0.2) is 24.2 Å². The number of hydrogen-bond acceptors (Lipinski definition) is 3. The fourth-order valence-electron chi connectivity index (χ4n) is 0.302. The van der Waals surface area contributed by atoms with Gasteiger partial charge in [0, 0.05) is 0 Å². The normalized spacial score (nSPS) is 9.00. The molecule has 0 unspecified atom stereocenters. The second-order valence-corrected chi connectivity index (χ2v) is 3.06. The van der Waals surface area contributed by atoms with Crippen molar-refractivity contribution in [3.63, 3.8) is 0 Å². The van der Waals surface area contributed by atoms with E-state index in [0.717, 1.165) is 0 Å². The van der Waals surface area contributed by atoms with Crippen LogP contribution in [0.15, 0.2) is 12.2 Å². The fourth-order valence-corrected chi connectivity index (χ4v) is 0.905. The Bertz CT molecular complexity index is 183. The van der Waals surface area contributed by atoms with Crippen molar-refractivity contribution in [3.8, 4) is 0 Å². The molecule has 2 N–H and O–H groups in total. The van der Waals surface area contributed by atoms with E-state index in [1.807, 2.05) is 0 Å². The molecule has 0 rings (SSSR count). The predicted molar refractivity (Wildman–Crippen MR) is 33.0 cm³/mol. The molecule has 0 radical (unpaired) electrons. The summed E-state index contributed by atoms with van der Waals surface area (Å²) in [6, 6.07) is 0. The molecule has 0 fully saturated rings. The number of hydrogen-bond donors (Lipinski definition) is 0. The molecule has 0 atom stereocenters. The Hall–Kier alpha value is 0.610. The first-order valence-electron chi connectivity index (χ1n) is 2.00. The molecule has 0 aliphatic rings. The van der Waals surface area contributed by atoms with Gasteiger partial charge in [-0.3, -0.25) is 0 Å². The van der Waals surface area contributed by atoms with Gasteiger partial charge in [0.1, 0.15) is 0 Å². The summed E-state index contributed by atoms with van der Waals surface area (Å²) in [5.41, 5.74) is 0.375. The molecule has 0 aromatic carbocycles. The summed E-state index contributed by atoms with van der Waals surface area (Å²) in [7, 11) is -4.07. The van der Waals surface area contributed by atoms with Gasteiger partial charge in [0.2, 0.25) is 0 Å². The van der Waals surface area contributed by atoms with Gasteiger partial charge < -0.3 is 10.0 Å². The molecule has 0 aliphatic heterocycles. The maximum atomic E-state index is 9.83. The Kier molecular flexibility index (Phi) is 10.7. The third-order valence-corrected chi connectivity index (χ3v) is 1.27. The Morgan fingerprint density at radius 2 is 1.90 bits per heavy atom. The summed E-state index contributed by atoms with van der Waals surface area (Å²) < 4.78 is 29.5. The van der Waals surface area contributed by atoms with Crippen molar-refractivity contribution in [2.45, 2.75) is 6.92 Å². The first-order chi connectivity index (χ1) is 3.42. The molecule has 0 saturated carbocycles. The van der Waals surface area contributed by atoms with Gasteiger partial charge in [-0.05, 0) is 6.92 Å². The maximum absolute atomic E-state index is 9.83. The summed E-state index contributed by atoms with van der Waals surface area (Å²) in [5.74, 6) is -0.451. The average Bonchev–Trinajstić information content (AvgIpc) is 1.21. The van der Waals surface area contributed by atoms with Gasteiger partial charge in [-0.1, -0.05) is 12.2 Å². The van der Waals surface area contributed by atoms with Crippen molar-refractivity contribution >= 4 is 10.1 Å². The molecule has 10 heavy (non-hydrogen) atoms. The van der Waals surface area contributed by atoms with Crippen LogP contribution in [0.5, 0.6) is 0 Å². The van der Waals surface area contributed by atoms with Gasteiger partial charge in [0.25, 0.3) is 0 Å². The van der Waals surface area contributed by atoms with E-state index in [0.29, 0.717) is 5.57 Å². The minimum Gasteiger partial charge on any atom is -0.748 e. The van der Waals surface area contributed by atoms with Crippen LogP contribution in [0.3, 0.4) is 0 Å². The minimum atomic E-state index is -4.07. The van der Waals surface area contributed by atoms with Gasteiger partial charge in [-0.2, -0.15) is 0 Å². The molecule has 4 nitrogen and oxygen atoms in total. The summed E-state index contributed by atoms with van der Waals surface area (Å²) in [6.07, 6.45) is 0. The molecule has 6 heteroatoms. The molecule has 0 aliphatic carbocycles. The molecular weight excluding hydrogens is 167 g/mol. The predicted octanol–water partition coefficient (Wildman–Crippen LogP) is -3.71. The zero-order valence-corrected chi connectivity index (χ0v) is 8.86. The Labute approximate surface area is 82.7 Å². The van der Waals surface area contributed by atoms with E-state index in [9.17, 15) is 13.0 Å². The largest absolute Gasteiger partial charge is 1.00 e. The molecule has 56 valence electrons. The van der Waals surface area contributed by atoms with Crippen LogP contribution in [-0.2, 0) is 10.1 Å². The van der Waals surface area contributed by atoms with Crippen molar-refractivity contribution < 1.29 is 48.0 Å². The minimum absolute atomic E-state index is 0. The monoisotopic (exact) mass is 176 g/mol.